The highest BCUT2D eigenvalue weighted by Gasteiger charge is 2.44. The van der Waals surface area contributed by atoms with Crippen LogP contribution < -0.4 is 10.6 Å². The molecule has 1 fully saturated rings. The van der Waals surface area contributed by atoms with Gasteiger partial charge in [-0.1, -0.05) is 35.9 Å². The van der Waals surface area contributed by atoms with Crippen LogP contribution in [0.3, 0.4) is 0 Å². The van der Waals surface area contributed by atoms with E-state index in [0.717, 1.165) is 41.5 Å². The summed E-state index contributed by atoms with van der Waals surface area (Å²) in [6.45, 7) is 3.19. The summed E-state index contributed by atoms with van der Waals surface area (Å²) in [5, 5.41) is 7.47. The molecule has 0 spiro atoms. The second-order valence-electron chi connectivity index (χ2n) is 7.44. The molecule has 0 heterocycles. The molecule has 2 aromatic carbocycles. The van der Waals surface area contributed by atoms with Gasteiger partial charge in [0.15, 0.2) is 15.8 Å². The summed E-state index contributed by atoms with van der Waals surface area (Å²) in [6.07, 6.45) is 3.52. The minimum Gasteiger partial charge on any atom is -0.356 e. The topological polar surface area (TPSA) is 70.6 Å². The maximum absolute atomic E-state index is 11.7. The first-order chi connectivity index (χ1) is 13.2. The van der Waals surface area contributed by atoms with Gasteiger partial charge in [0.05, 0.1) is 4.90 Å². The molecule has 0 bridgehead atoms. The molecule has 0 unspecified atom stereocenters. The second-order valence-corrected chi connectivity index (χ2v) is 9.86. The van der Waals surface area contributed by atoms with Gasteiger partial charge in [-0.05, 0) is 54.7 Å². The summed E-state index contributed by atoms with van der Waals surface area (Å²) in [5.74, 6) is 0.727. The summed E-state index contributed by atoms with van der Waals surface area (Å²) in [6, 6.07) is 13.5. The molecule has 0 aromatic heterocycles. The number of nitrogens with one attached hydrogen (secondary N) is 2. The van der Waals surface area contributed by atoms with Crippen molar-refractivity contribution in [2.24, 2.45) is 4.99 Å². The summed E-state index contributed by atoms with van der Waals surface area (Å²) in [5.41, 5.74) is 3.21. The second kappa shape index (κ2) is 8.13. The number of benzene rings is 2. The average molecular weight is 420 g/mol. The van der Waals surface area contributed by atoms with Crippen LogP contribution in [-0.4, -0.2) is 34.2 Å². The molecule has 0 saturated heterocycles. The Morgan fingerprint density at radius 3 is 2.36 bits per heavy atom. The predicted molar refractivity (Wildman–Crippen MR) is 115 cm³/mol. The number of rotatable bonds is 6. The lowest BCUT2D eigenvalue weighted by Gasteiger charge is -2.19. The first-order valence-electron chi connectivity index (χ1n) is 9.24. The fourth-order valence-corrected chi connectivity index (χ4v) is 4.50. The summed E-state index contributed by atoms with van der Waals surface area (Å²) < 4.78 is 23.5. The molecule has 0 amide bonds. The van der Waals surface area contributed by atoms with Gasteiger partial charge in [-0.15, -0.1) is 0 Å². The van der Waals surface area contributed by atoms with Gasteiger partial charge in [0, 0.05) is 36.8 Å². The fraction of sp³-hybridized carbons (Fsp3) is 0.381. The molecular formula is C21H26ClN3O2S. The van der Waals surface area contributed by atoms with Crippen LogP contribution in [0.1, 0.15) is 29.5 Å². The third-order valence-electron chi connectivity index (χ3n) is 5.23. The monoisotopic (exact) mass is 419 g/mol. The maximum Gasteiger partial charge on any atom is 0.191 e. The van der Waals surface area contributed by atoms with E-state index in [1.165, 1.54) is 11.8 Å². The molecule has 7 heteroatoms. The number of hydrogen-bond donors (Lipinski definition) is 2. The standard InChI is InChI=1S/C21H26ClN3O2S/c1-15-12-16(4-9-19(15)28(3,26)27)13-24-20(23-2)25-14-21(10-11-21)17-5-7-18(22)8-6-17/h4-9,12H,10-11,13-14H2,1-3H3,(H2,23,24,25). The smallest absolute Gasteiger partial charge is 0.191 e. The predicted octanol–water partition coefficient (Wildman–Crippen LogP) is 3.45. The molecule has 3 rings (SSSR count). The molecule has 28 heavy (non-hydrogen) atoms. The molecule has 1 aliphatic carbocycles. The number of aryl methyl sites for hydroxylation is 1. The van der Waals surface area contributed by atoms with E-state index in [1.54, 1.807) is 13.1 Å². The van der Waals surface area contributed by atoms with E-state index < -0.39 is 9.84 Å². The molecule has 1 aliphatic rings. The molecular weight excluding hydrogens is 394 g/mol. The lowest BCUT2D eigenvalue weighted by molar-refractivity contribution is 0.601. The van der Waals surface area contributed by atoms with Gasteiger partial charge in [0.25, 0.3) is 0 Å². The zero-order valence-electron chi connectivity index (χ0n) is 16.4. The van der Waals surface area contributed by atoms with Crippen molar-refractivity contribution in [2.45, 2.75) is 36.6 Å². The van der Waals surface area contributed by atoms with Crippen molar-refractivity contribution >= 4 is 27.4 Å². The SMILES string of the molecule is CN=C(NCc1ccc(S(C)(=O)=O)c(C)c1)NCC1(c2ccc(Cl)cc2)CC1. The van der Waals surface area contributed by atoms with E-state index in [0.29, 0.717) is 11.4 Å². The van der Waals surface area contributed by atoms with Crippen molar-refractivity contribution in [2.75, 3.05) is 19.8 Å². The van der Waals surface area contributed by atoms with Crippen molar-refractivity contribution in [1.29, 1.82) is 0 Å². The number of sulfone groups is 1. The van der Waals surface area contributed by atoms with Crippen LogP contribution in [0.5, 0.6) is 0 Å². The van der Waals surface area contributed by atoms with E-state index in [4.69, 9.17) is 11.6 Å². The number of guanidine groups is 1. The van der Waals surface area contributed by atoms with Crippen LogP contribution in [0, 0.1) is 6.92 Å². The first kappa shape index (κ1) is 20.7. The Morgan fingerprint density at radius 1 is 1.14 bits per heavy atom. The van der Waals surface area contributed by atoms with E-state index in [1.807, 2.05) is 31.2 Å². The van der Waals surface area contributed by atoms with Crippen LogP contribution in [0.4, 0.5) is 0 Å². The third kappa shape index (κ3) is 4.86. The number of aliphatic imine (C=N–C) groups is 1. The largest absolute Gasteiger partial charge is 0.356 e. The van der Waals surface area contributed by atoms with Gasteiger partial charge >= 0.3 is 0 Å². The maximum atomic E-state index is 11.7. The highest BCUT2D eigenvalue weighted by Crippen LogP contribution is 2.47. The first-order valence-corrected chi connectivity index (χ1v) is 11.5. The molecule has 2 N–H and O–H groups in total. The van der Waals surface area contributed by atoms with E-state index >= 15 is 0 Å². The minimum absolute atomic E-state index is 0.149. The Balaban J connectivity index is 1.58. The minimum atomic E-state index is -3.20. The highest BCUT2D eigenvalue weighted by atomic mass is 35.5. The Hall–Kier alpha value is -2.05. The summed E-state index contributed by atoms with van der Waals surface area (Å²) >= 11 is 6.00. The molecule has 0 aliphatic heterocycles. The van der Waals surface area contributed by atoms with Crippen molar-refractivity contribution < 1.29 is 8.42 Å². The summed E-state index contributed by atoms with van der Waals surface area (Å²) in [7, 11) is -1.45. The molecule has 0 atom stereocenters. The van der Waals surface area contributed by atoms with E-state index in [9.17, 15) is 8.42 Å². The third-order valence-corrected chi connectivity index (χ3v) is 6.74. The van der Waals surface area contributed by atoms with E-state index in [-0.39, 0.29) is 5.41 Å². The molecule has 5 nitrogen and oxygen atoms in total. The normalized spacial score (nSPS) is 15.9. The lowest BCUT2D eigenvalue weighted by Crippen LogP contribution is -2.40. The van der Waals surface area contributed by atoms with Crippen molar-refractivity contribution in [1.82, 2.24) is 10.6 Å². The zero-order valence-corrected chi connectivity index (χ0v) is 18.0. The van der Waals surface area contributed by atoms with Gasteiger partial charge in [-0.25, -0.2) is 8.42 Å². The van der Waals surface area contributed by atoms with Gasteiger partial charge in [0.1, 0.15) is 0 Å². The zero-order chi connectivity index (χ0) is 20.4. The molecule has 2 aromatic rings. The Bertz CT molecular complexity index is 981. The van der Waals surface area contributed by atoms with Crippen LogP contribution in [0.25, 0.3) is 0 Å². The highest BCUT2D eigenvalue weighted by molar-refractivity contribution is 7.90. The van der Waals surface area contributed by atoms with Crippen molar-refractivity contribution in [3.8, 4) is 0 Å². The average Bonchev–Trinajstić information content (AvgIpc) is 3.42. The number of hydrogen-bond acceptors (Lipinski definition) is 3. The van der Waals surface area contributed by atoms with Crippen molar-refractivity contribution in [3.63, 3.8) is 0 Å². The van der Waals surface area contributed by atoms with Crippen LogP contribution in [0.15, 0.2) is 52.4 Å². The quantitative estimate of drug-likeness (QED) is 0.555. The number of nitrogens with zero attached hydrogens (tertiary/aromatic N) is 1. The molecule has 150 valence electrons. The molecule has 1 saturated carbocycles. The molecule has 0 radical (unpaired) electrons. The van der Waals surface area contributed by atoms with Gasteiger partial charge in [-0.3, -0.25) is 4.99 Å². The van der Waals surface area contributed by atoms with Gasteiger partial charge in [0.2, 0.25) is 0 Å². The van der Waals surface area contributed by atoms with E-state index in [2.05, 4.69) is 27.8 Å². The van der Waals surface area contributed by atoms with Gasteiger partial charge in [-0.2, -0.15) is 0 Å². The number of halogens is 1. The Labute approximate surface area is 172 Å². The Morgan fingerprint density at radius 2 is 1.82 bits per heavy atom. The fourth-order valence-electron chi connectivity index (χ4n) is 3.42. The Kier molecular flexibility index (Phi) is 6.01. The van der Waals surface area contributed by atoms with Crippen LogP contribution >= 0.6 is 11.6 Å². The van der Waals surface area contributed by atoms with Crippen LogP contribution in [-0.2, 0) is 21.8 Å². The van der Waals surface area contributed by atoms with Crippen LogP contribution in [0.2, 0.25) is 5.02 Å². The summed E-state index contributed by atoms with van der Waals surface area (Å²) in [4.78, 5) is 4.67. The lowest BCUT2D eigenvalue weighted by atomic mass is 9.96. The van der Waals surface area contributed by atoms with Crippen molar-refractivity contribution in [3.05, 3.63) is 64.2 Å². The van der Waals surface area contributed by atoms with Gasteiger partial charge < -0.3 is 10.6 Å².